The Morgan fingerprint density at radius 2 is 2.00 bits per heavy atom. The van der Waals surface area contributed by atoms with Crippen molar-refractivity contribution >= 4 is 0 Å². The smallest absolute Gasteiger partial charge is 0.0774 e. The highest BCUT2D eigenvalue weighted by Gasteiger charge is 2.03. The largest absolute Gasteiger partial charge is 0.386 e. The monoisotopic (exact) mass is 139 g/mol. The van der Waals surface area contributed by atoms with E-state index in [2.05, 4.69) is 6.92 Å². The third kappa shape index (κ3) is 7.44. The molecule has 0 aromatic rings. The van der Waals surface area contributed by atoms with Crippen LogP contribution < -0.4 is 0 Å². The highest BCUT2D eigenvalue weighted by molar-refractivity contribution is 5.07. The zero-order chi connectivity index (χ0) is 8.04. The van der Waals surface area contributed by atoms with Crippen LogP contribution in [0.2, 0.25) is 0 Å². The third-order valence-electron chi connectivity index (χ3n) is 0.918. The normalized spacial score (nSPS) is 13.6. The highest BCUT2D eigenvalue weighted by Crippen LogP contribution is 2.01. The van der Waals surface area contributed by atoms with E-state index in [-0.39, 0.29) is 0 Å². The zero-order valence-corrected chi connectivity index (χ0v) is 6.67. The molecule has 0 spiro atoms. The van der Waals surface area contributed by atoms with Crippen molar-refractivity contribution < 1.29 is 5.11 Å². The van der Waals surface area contributed by atoms with Gasteiger partial charge in [0, 0.05) is 0 Å². The lowest BCUT2D eigenvalue weighted by atomic mass is 10.1. The minimum Gasteiger partial charge on any atom is -0.386 e. The summed E-state index contributed by atoms with van der Waals surface area (Å²) in [5.41, 5.74) is -0.703. The molecule has 10 heavy (non-hydrogen) atoms. The van der Waals surface area contributed by atoms with Crippen LogP contribution in [0.5, 0.6) is 0 Å². The Bertz CT molecular complexity index is 126. The first-order chi connectivity index (χ1) is 4.56. The fourth-order valence-electron chi connectivity index (χ4n) is 0.466. The molecule has 1 nitrogen and oxygen atoms in total. The molecule has 1 heteroatoms. The van der Waals surface area contributed by atoms with E-state index in [4.69, 9.17) is 0 Å². The van der Waals surface area contributed by atoms with E-state index in [0.29, 0.717) is 0 Å². The van der Waals surface area contributed by atoms with Gasteiger partial charge in [-0.15, -0.1) is 0 Å². The average Bonchev–Trinajstić information content (AvgIpc) is 1.78. The Morgan fingerprint density at radius 1 is 1.40 bits per heavy atom. The molecule has 0 bridgehead atoms. The Hall–Kier alpha value is -0.560. The second-order valence-corrected chi connectivity index (χ2v) is 2.73. The summed E-state index contributed by atoms with van der Waals surface area (Å²) in [6, 6.07) is 0. The molecule has 1 N–H and O–H groups in total. The molecule has 0 amide bonds. The first kappa shape index (κ1) is 9.44. The molecule has 0 unspecified atom stereocenters. The van der Waals surface area contributed by atoms with Crippen molar-refractivity contribution in [3.63, 3.8) is 0 Å². The van der Waals surface area contributed by atoms with E-state index < -0.39 is 5.60 Å². The Labute approximate surface area is 63.1 Å². The zero-order valence-electron chi connectivity index (χ0n) is 6.67. The Kier molecular flexibility index (Phi) is 4.05. The van der Waals surface area contributed by atoms with Crippen molar-refractivity contribution in [3.8, 4) is 0 Å². The van der Waals surface area contributed by atoms with Gasteiger partial charge in [-0.1, -0.05) is 24.3 Å². The molecule has 57 valence electrons. The molecule has 0 heterocycles. The van der Waals surface area contributed by atoms with Crippen molar-refractivity contribution in [3.05, 3.63) is 31.2 Å². The summed E-state index contributed by atoms with van der Waals surface area (Å²) >= 11 is 0. The molecule has 0 fully saturated rings. The van der Waals surface area contributed by atoms with Crippen LogP contribution in [-0.4, -0.2) is 10.7 Å². The van der Waals surface area contributed by atoms with Crippen LogP contribution in [0.25, 0.3) is 0 Å². The molecule has 1 radical (unpaired) electrons. The van der Waals surface area contributed by atoms with Crippen molar-refractivity contribution in [1.29, 1.82) is 0 Å². The highest BCUT2D eigenvalue weighted by atomic mass is 16.3. The summed E-state index contributed by atoms with van der Waals surface area (Å²) in [5.74, 6) is 0. The van der Waals surface area contributed by atoms with Crippen LogP contribution in [0.15, 0.2) is 24.3 Å². The molecule has 0 aliphatic heterocycles. The summed E-state index contributed by atoms with van der Waals surface area (Å²) in [5, 5.41) is 9.18. The first-order valence-corrected chi connectivity index (χ1v) is 3.42. The summed E-state index contributed by atoms with van der Waals surface area (Å²) in [6.07, 6.45) is 8.16. The maximum Gasteiger partial charge on any atom is 0.0774 e. The van der Waals surface area contributed by atoms with Gasteiger partial charge in [-0.05, 0) is 27.2 Å². The standard InChI is InChI=1S/C9H15O/c1-4-5-6-7-8-9(2,3)10/h5-8,10H,1,4H2,2-3H3. The Balaban J connectivity index is 3.66. The van der Waals surface area contributed by atoms with Gasteiger partial charge in [0.15, 0.2) is 0 Å². The maximum absolute atomic E-state index is 9.18. The van der Waals surface area contributed by atoms with Gasteiger partial charge in [0.25, 0.3) is 0 Å². The van der Waals surface area contributed by atoms with Crippen LogP contribution in [0.4, 0.5) is 0 Å². The molecule has 0 aliphatic rings. The quantitative estimate of drug-likeness (QED) is 0.594. The van der Waals surface area contributed by atoms with E-state index >= 15 is 0 Å². The van der Waals surface area contributed by atoms with Gasteiger partial charge in [0.05, 0.1) is 5.60 Å². The molecule has 0 aromatic carbocycles. The molecule has 0 atom stereocenters. The third-order valence-corrected chi connectivity index (χ3v) is 0.918. The molecule has 0 aliphatic carbocycles. The predicted octanol–water partition coefficient (Wildman–Crippen LogP) is 2.09. The molecule has 0 saturated heterocycles. The number of allylic oxidation sites excluding steroid dienone is 3. The summed E-state index contributed by atoms with van der Waals surface area (Å²) in [7, 11) is 0. The topological polar surface area (TPSA) is 20.2 Å². The van der Waals surface area contributed by atoms with Crippen LogP contribution in [-0.2, 0) is 0 Å². The van der Waals surface area contributed by atoms with Crippen molar-refractivity contribution in [2.45, 2.75) is 25.9 Å². The van der Waals surface area contributed by atoms with E-state index in [1.165, 1.54) is 0 Å². The summed E-state index contributed by atoms with van der Waals surface area (Å²) in [6.45, 7) is 7.11. The van der Waals surface area contributed by atoms with E-state index in [1.807, 2.05) is 18.2 Å². The number of rotatable bonds is 3. The van der Waals surface area contributed by atoms with Gasteiger partial charge in [0.1, 0.15) is 0 Å². The second kappa shape index (κ2) is 4.29. The lowest BCUT2D eigenvalue weighted by molar-refractivity contribution is 0.133. The van der Waals surface area contributed by atoms with Gasteiger partial charge >= 0.3 is 0 Å². The number of hydrogen-bond acceptors (Lipinski definition) is 1. The molecular weight excluding hydrogens is 124 g/mol. The van der Waals surface area contributed by atoms with Crippen LogP contribution in [0.3, 0.4) is 0 Å². The minimum atomic E-state index is -0.703. The van der Waals surface area contributed by atoms with Gasteiger partial charge < -0.3 is 5.11 Å². The molecule has 0 rings (SSSR count). The lowest BCUT2D eigenvalue weighted by Gasteiger charge is -2.08. The predicted molar refractivity (Wildman–Crippen MR) is 44.6 cm³/mol. The average molecular weight is 139 g/mol. The van der Waals surface area contributed by atoms with Crippen LogP contribution >= 0.6 is 0 Å². The van der Waals surface area contributed by atoms with Gasteiger partial charge in [-0.25, -0.2) is 0 Å². The minimum absolute atomic E-state index is 0.703. The fraction of sp³-hybridized carbons (Fsp3) is 0.444. The van der Waals surface area contributed by atoms with Crippen LogP contribution in [0, 0.1) is 6.92 Å². The molecule has 0 saturated carbocycles. The maximum atomic E-state index is 9.18. The fourth-order valence-corrected chi connectivity index (χ4v) is 0.466. The van der Waals surface area contributed by atoms with Crippen molar-refractivity contribution in [2.24, 2.45) is 0 Å². The van der Waals surface area contributed by atoms with Gasteiger partial charge in [-0.3, -0.25) is 0 Å². The van der Waals surface area contributed by atoms with Crippen LogP contribution in [0.1, 0.15) is 20.3 Å². The van der Waals surface area contributed by atoms with E-state index in [0.717, 1.165) is 6.42 Å². The SMILES string of the molecule is [CH2]CC=CC=CC(C)(C)O. The lowest BCUT2D eigenvalue weighted by Crippen LogP contribution is -2.13. The Morgan fingerprint density at radius 3 is 2.40 bits per heavy atom. The second-order valence-electron chi connectivity index (χ2n) is 2.73. The molecule has 0 aromatic heterocycles. The summed E-state index contributed by atoms with van der Waals surface area (Å²) < 4.78 is 0. The van der Waals surface area contributed by atoms with Crippen molar-refractivity contribution in [2.75, 3.05) is 0 Å². The first-order valence-electron chi connectivity index (χ1n) is 3.42. The van der Waals surface area contributed by atoms with Gasteiger partial charge in [-0.2, -0.15) is 0 Å². The van der Waals surface area contributed by atoms with Gasteiger partial charge in [0.2, 0.25) is 0 Å². The number of aliphatic hydroxyl groups is 1. The summed E-state index contributed by atoms with van der Waals surface area (Å²) in [4.78, 5) is 0. The van der Waals surface area contributed by atoms with E-state index in [1.54, 1.807) is 19.9 Å². The van der Waals surface area contributed by atoms with E-state index in [9.17, 15) is 5.11 Å². The van der Waals surface area contributed by atoms with Crippen molar-refractivity contribution in [1.82, 2.24) is 0 Å². The number of hydrogen-bond donors (Lipinski definition) is 1. The molecular formula is C9H15O.